The van der Waals surface area contributed by atoms with Gasteiger partial charge in [-0.1, -0.05) is 13.8 Å². The van der Waals surface area contributed by atoms with E-state index in [0.29, 0.717) is 0 Å². The van der Waals surface area contributed by atoms with Gasteiger partial charge in [-0.15, -0.1) is 0 Å². The quantitative estimate of drug-likeness (QED) is 0.441. The highest BCUT2D eigenvalue weighted by molar-refractivity contribution is 4.92. The first-order chi connectivity index (χ1) is 6.49. The third-order valence-electron chi connectivity index (χ3n) is 2.59. The minimum atomic E-state index is -1.26. The van der Waals surface area contributed by atoms with Gasteiger partial charge in [0.15, 0.2) is 0 Å². The normalized spacial score (nSPS) is 44.4. The highest BCUT2D eigenvalue weighted by Gasteiger charge is 2.44. The van der Waals surface area contributed by atoms with Crippen LogP contribution in [-0.4, -0.2) is 57.6 Å². The molecule has 0 saturated carbocycles. The Hall–Kier alpha value is -0.200. The molecule has 1 aliphatic heterocycles. The lowest BCUT2D eigenvalue weighted by atomic mass is 9.90. The molecule has 1 rings (SSSR count). The predicted octanol–water partition coefficient (Wildman–Crippen LogP) is -1.52. The Kier molecular flexibility index (Phi) is 3.86. The van der Waals surface area contributed by atoms with Crippen LogP contribution in [0.15, 0.2) is 0 Å². The van der Waals surface area contributed by atoms with Crippen molar-refractivity contribution in [3.05, 3.63) is 0 Å². The Balaban J connectivity index is 2.73. The first-order valence-corrected chi connectivity index (χ1v) is 4.79. The maximum absolute atomic E-state index is 9.57. The fourth-order valence-electron chi connectivity index (χ4n) is 1.68. The molecule has 0 aromatic heterocycles. The van der Waals surface area contributed by atoms with Gasteiger partial charge in [0.2, 0.25) is 0 Å². The van der Waals surface area contributed by atoms with E-state index in [-0.39, 0.29) is 12.5 Å². The molecule has 84 valence electrons. The smallest absolute Gasteiger partial charge is 0.111 e. The van der Waals surface area contributed by atoms with Gasteiger partial charge in [0.25, 0.3) is 0 Å². The SMILES string of the molecule is CC(C)[C@@H]1OC(CO)[C@@H](O)C(O)[C@H]1O. The lowest BCUT2D eigenvalue weighted by molar-refractivity contribution is -0.238. The molecule has 0 spiro atoms. The molecule has 5 nitrogen and oxygen atoms in total. The summed E-state index contributed by atoms with van der Waals surface area (Å²) in [5.74, 6) is 0.0150. The monoisotopic (exact) mass is 206 g/mol. The second-order valence-electron chi connectivity index (χ2n) is 4.04. The van der Waals surface area contributed by atoms with Gasteiger partial charge in [-0.05, 0) is 5.92 Å². The van der Waals surface area contributed by atoms with Crippen LogP contribution in [-0.2, 0) is 4.74 Å². The van der Waals surface area contributed by atoms with Crippen LogP contribution >= 0.6 is 0 Å². The summed E-state index contributed by atoms with van der Waals surface area (Å²) in [5.41, 5.74) is 0. The molecular weight excluding hydrogens is 188 g/mol. The van der Waals surface area contributed by atoms with Crippen LogP contribution in [0.4, 0.5) is 0 Å². The summed E-state index contributed by atoms with van der Waals surface area (Å²) in [5, 5.41) is 37.4. The first kappa shape index (κ1) is 11.9. The van der Waals surface area contributed by atoms with Crippen molar-refractivity contribution in [2.75, 3.05) is 6.61 Å². The van der Waals surface area contributed by atoms with E-state index in [4.69, 9.17) is 9.84 Å². The molecule has 0 radical (unpaired) electrons. The summed E-state index contributed by atoms with van der Waals surface area (Å²) in [7, 11) is 0. The number of aliphatic hydroxyl groups is 4. The van der Waals surface area contributed by atoms with Gasteiger partial charge in [0.1, 0.15) is 24.4 Å². The van der Waals surface area contributed by atoms with Gasteiger partial charge in [-0.2, -0.15) is 0 Å². The fourth-order valence-corrected chi connectivity index (χ4v) is 1.68. The van der Waals surface area contributed by atoms with Crippen LogP contribution in [0.5, 0.6) is 0 Å². The largest absolute Gasteiger partial charge is 0.394 e. The molecule has 1 aliphatic rings. The van der Waals surface area contributed by atoms with Gasteiger partial charge in [-0.3, -0.25) is 0 Å². The summed E-state index contributed by atoms with van der Waals surface area (Å²) in [6, 6.07) is 0. The zero-order chi connectivity index (χ0) is 10.9. The summed E-state index contributed by atoms with van der Waals surface area (Å²) in [6.07, 6.45) is -4.96. The lowest BCUT2D eigenvalue weighted by Gasteiger charge is -2.41. The van der Waals surface area contributed by atoms with Crippen molar-refractivity contribution in [2.24, 2.45) is 5.92 Å². The molecule has 1 fully saturated rings. The molecule has 4 N–H and O–H groups in total. The van der Waals surface area contributed by atoms with E-state index in [9.17, 15) is 15.3 Å². The van der Waals surface area contributed by atoms with E-state index in [1.54, 1.807) is 0 Å². The van der Waals surface area contributed by atoms with Crippen molar-refractivity contribution < 1.29 is 25.2 Å². The van der Waals surface area contributed by atoms with E-state index in [2.05, 4.69) is 0 Å². The second-order valence-corrected chi connectivity index (χ2v) is 4.04. The average molecular weight is 206 g/mol. The third kappa shape index (κ3) is 2.07. The van der Waals surface area contributed by atoms with Crippen LogP contribution in [0.25, 0.3) is 0 Å². The van der Waals surface area contributed by atoms with E-state index < -0.39 is 30.5 Å². The van der Waals surface area contributed by atoms with Crippen molar-refractivity contribution >= 4 is 0 Å². The number of aliphatic hydroxyl groups excluding tert-OH is 4. The molecule has 5 atom stereocenters. The molecule has 5 heteroatoms. The predicted molar refractivity (Wildman–Crippen MR) is 48.6 cm³/mol. The van der Waals surface area contributed by atoms with Crippen molar-refractivity contribution in [2.45, 2.75) is 44.4 Å². The highest BCUT2D eigenvalue weighted by atomic mass is 16.5. The Morgan fingerprint density at radius 2 is 1.64 bits per heavy atom. The van der Waals surface area contributed by atoms with Gasteiger partial charge in [0, 0.05) is 0 Å². The van der Waals surface area contributed by atoms with Gasteiger partial charge in [0.05, 0.1) is 12.7 Å². The number of hydrogen-bond acceptors (Lipinski definition) is 5. The molecule has 0 amide bonds. The first-order valence-electron chi connectivity index (χ1n) is 4.79. The molecular formula is C9H18O5. The van der Waals surface area contributed by atoms with Crippen LogP contribution in [0.2, 0.25) is 0 Å². The third-order valence-corrected chi connectivity index (χ3v) is 2.59. The number of hydrogen-bond donors (Lipinski definition) is 4. The van der Waals surface area contributed by atoms with Gasteiger partial charge in [-0.25, -0.2) is 0 Å². The van der Waals surface area contributed by atoms with Crippen molar-refractivity contribution in [1.29, 1.82) is 0 Å². The molecule has 0 aromatic rings. The molecule has 0 aromatic carbocycles. The molecule has 14 heavy (non-hydrogen) atoms. The molecule has 2 unspecified atom stereocenters. The van der Waals surface area contributed by atoms with Crippen LogP contribution in [0.1, 0.15) is 13.8 Å². The van der Waals surface area contributed by atoms with Crippen molar-refractivity contribution in [1.82, 2.24) is 0 Å². The van der Waals surface area contributed by atoms with Crippen LogP contribution in [0, 0.1) is 5.92 Å². The Morgan fingerprint density at radius 3 is 2.07 bits per heavy atom. The zero-order valence-corrected chi connectivity index (χ0v) is 8.37. The standard InChI is InChI=1S/C9H18O5/c1-4(2)9-8(13)7(12)6(11)5(3-10)14-9/h4-13H,3H2,1-2H3/t5?,6-,7?,8-,9+/m1/s1. The van der Waals surface area contributed by atoms with Gasteiger partial charge < -0.3 is 25.2 Å². The zero-order valence-electron chi connectivity index (χ0n) is 8.37. The number of rotatable bonds is 2. The summed E-state index contributed by atoms with van der Waals surface area (Å²) >= 11 is 0. The Morgan fingerprint density at radius 1 is 1.07 bits per heavy atom. The lowest BCUT2D eigenvalue weighted by Crippen LogP contribution is -2.59. The summed E-state index contributed by atoms with van der Waals surface area (Å²) in [6.45, 7) is 3.31. The maximum atomic E-state index is 9.57. The van der Waals surface area contributed by atoms with E-state index in [0.717, 1.165) is 0 Å². The van der Waals surface area contributed by atoms with Gasteiger partial charge >= 0.3 is 0 Å². The van der Waals surface area contributed by atoms with E-state index in [1.807, 2.05) is 13.8 Å². The van der Waals surface area contributed by atoms with Crippen LogP contribution < -0.4 is 0 Å². The maximum Gasteiger partial charge on any atom is 0.111 e. The Bertz CT molecular complexity index is 182. The fraction of sp³-hybridized carbons (Fsp3) is 1.00. The summed E-state index contributed by atoms with van der Waals surface area (Å²) < 4.78 is 5.28. The average Bonchev–Trinajstić information content (AvgIpc) is 2.14. The topological polar surface area (TPSA) is 90.2 Å². The van der Waals surface area contributed by atoms with E-state index in [1.165, 1.54) is 0 Å². The molecule has 0 bridgehead atoms. The van der Waals surface area contributed by atoms with Crippen molar-refractivity contribution in [3.8, 4) is 0 Å². The molecule has 0 aliphatic carbocycles. The molecule has 1 saturated heterocycles. The van der Waals surface area contributed by atoms with Crippen LogP contribution in [0.3, 0.4) is 0 Å². The highest BCUT2D eigenvalue weighted by Crippen LogP contribution is 2.25. The molecule has 1 heterocycles. The van der Waals surface area contributed by atoms with Crippen molar-refractivity contribution in [3.63, 3.8) is 0 Å². The summed E-state index contributed by atoms with van der Waals surface area (Å²) in [4.78, 5) is 0. The minimum Gasteiger partial charge on any atom is -0.394 e. The minimum absolute atomic E-state index is 0.0150. The number of ether oxygens (including phenoxy) is 1. The second kappa shape index (κ2) is 4.55. The Labute approximate surface area is 82.9 Å². The van der Waals surface area contributed by atoms with E-state index >= 15 is 0 Å².